The summed E-state index contributed by atoms with van der Waals surface area (Å²) in [4.78, 5) is 33.6. The second-order valence-electron chi connectivity index (χ2n) is 7.28. The van der Waals surface area contributed by atoms with Crippen LogP contribution in [0.4, 0.5) is 5.82 Å². The van der Waals surface area contributed by atoms with E-state index < -0.39 is 0 Å². The highest BCUT2D eigenvalue weighted by Crippen LogP contribution is 2.21. The number of hydrogen-bond acceptors (Lipinski definition) is 6. The van der Waals surface area contributed by atoms with Crippen molar-refractivity contribution in [2.75, 3.05) is 25.6 Å². The average Bonchev–Trinajstić information content (AvgIpc) is 3.24. The highest BCUT2D eigenvalue weighted by molar-refractivity contribution is 5.95. The summed E-state index contributed by atoms with van der Waals surface area (Å²) in [6.45, 7) is 0.0533. The van der Waals surface area contributed by atoms with Gasteiger partial charge in [-0.1, -0.05) is 24.3 Å². The van der Waals surface area contributed by atoms with Crippen LogP contribution in [0.3, 0.4) is 0 Å². The van der Waals surface area contributed by atoms with Crippen LogP contribution in [-0.2, 0) is 11.2 Å². The summed E-state index contributed by atoms with van der Waals surface area (Å²) in [6, 6.07) is 14.4. The lowest BCUT2D eigenvalue weighted by Gasteiger charge is -2.08. The standard InChI is InChI=1S/C24H23N5O4/c1-33-19-7-2-4-16(10-19)11-23(31)28-22-14-27-21-13-26-20(15-29(21)22)17-5-3-6-18(12-17)24(32)25-8-9-30/h2-7,10,12-15,30H,8-9,11H2,1H3,(H,25,32)(H,28,31). The molecule has 9 nitrogen and oxygen atoms in total. The summed E-state index contributed by atoms with van der Waals surface area (Å²) in [6.07, 6.45) is 5.12. The Morgan fingerprint density at radius 1 is 1.09 bits per heavy atom. The molecular formula is C24H23N5O4. The minimum atomic E-state index is -0.278. The SMILES string of the molecule is COc1cccc(CC(=O)Nc2cnc3cnc(-c4cccc(C(=O)NCCO)c4)cn23)c1. The fourth-order valence-electron chi connectivity index (χ4n) is 3.38. The van der Waals surface area contributed by atoms with Crippen LogP contribution in [-0.4, -0.2) is 51.6 Å². The predicted molar refractivity (Wildman–Crippen MR) is 123 cm³/mol. The molecule has 0 saturated heterocycles. The average molecular weight is 445 g/mol. The molecule has 0 atom stereocenters. The van der Waals surface area contributed by atoms with E-state index in [-0.39, 0.29) is 31.4 Å². The van der Waals surface area contributed by atoms with Crippen molar-refractivity contribution in [3.8, 4) is 17.0 Å². The van der Waals surface area contributed by atoms with Gasteiger partial charge < -0.3 is 20.5 Å². The molecular weight excluding hydrogens is 422 g/mol. The Bertz CT molecular complexity index is 1300. The molecule has 0 fully saturated rings. The van der Waals surface area contributed by atoms with Gasteiger partial charge in [-0.25, -0.2) is 4.98 Å². The maximum Gasteiger partial charge on any atom is 0.251 e. The van der Waals surface area contributed by atoms with Gasteiger partial charge in [-0.05, 0) is 29.8 Å². The van der Waals surface area contributed by atoms with Gasteiger partial charge in [0.15, 0.2) is 5.65 Å². The molecule has 4 aromatic rings. The van der Waals surface area contributed by atoms with Crippen LogP contribution in [0.25, 0.3) is 16.9 Å². The largest absolute Gasteiger partial charge is 0.497 e. The molecule has 0 aliphatic carbocycles. The van der Waals surface area contributed by atoms with Crippen molar-refractivity contribution < 1.29 is 19.4 Å². The lowest BCUT2D eigenvalue weighted by Crippen LogP contribution is -2.26. The molecule has 0 saturated carbocycles. The van der Waals surface area contributed by atoms with E-state index in [4.69, 9.17) is 9.84 Å². The number of carbonyl (C=O) groups excluding carboxylic acids is 2. The number of nitrogens with zero attached hydrogens (tertiary/aromatic N) is 3. The van der Waals surface area contributed by atoms with Crippen molar-refractivity contribution >= 4 is 23.3 Å². The van der Waals surface area contributed by atoms with Gasteiger partial charge >= 0.3 is 0 Å². The van der Waals surface area contributed by atoms with Gasteiger partial charge in [0.2, 0.25) is 5.91 Å². The fourth-order valence-corrected chi connectivity index (χ4v) is 3.38. The summed E-state index contributed by atoms with van der Waals surface area (Å²) in [7, 11) is 1.58. The van der Waals surface area contributed by atoms with Crippen LogP contribution in [0.1, 0.15) is 15.9 Å². The molecule has 2 amide bonds. The van der Waals surface area contributed by atoms with Crippen LogP contribution in [0, 0.1) is 0 Å². The first-order valence-corrected chi connectivity index (χ1v) is 10.3. The Morgan fingerprint density at radius 2 is 1.94 bits per heavy atom. The lowest BCUT2D eigenvalue weighted by atomic mass is 10.1. The molecule has 4 rings (SSSR count). The van der Waals surface area contributed by atoms with Crippen LogP contribution >= 0.6 is 0 Å². The van der Waals surface area contributed by atoms with E-state index in [0.29, 0.717) is 28.5 Å². The second-order valence-corrected chi connectivity index (χ2v) is 7.28. The normalized spacial score (nSPS) is 10.7. The first-order valence-electron chi connectivity index (χ1n) is 10.3. The Balaban J connectivity index is 1.55. The Morgan fingerprint density at radius 3 is 2.76 bits per heavy atom. The summed E-state index contributed by atoms with van der Waals surface area (Å²) in [5.41, 5.74) is 3.21. The van der Waals surface area contributed by atoms with E-state index in [9.17, 15) is 9.59 Å². The monoisotopic (exact) mass is 445 g/mol. The van der Waals surface area contributed by atoms with Crippen LogP contribution in [0.15, 0.2) is 67.1 Å². The first kappa shape index (κ1) is 22.0. The van der Waals surface area contributed by atoms with Gasteiger partial charge in [0.05, 0.1) is 38.2 Å². The number of carbonyl (C=O) groups is 2. The number of benzene rings is 2. The maximum absolute atomic E-state index is 12.6. The number of hydrogen-bond donors (Lipinski definition) is 3. The van der Waals surface area contributed by atoms with Gasteiger partial charge in [0.25, 0.3) is 5.91 Å². The van der Waals surface area contributed by atoms with Crippen LogP contribution in [0.2, 0.25) is 0 Å². The van der Waals surface area contributed by atoms with Gasteiger partial charge in [-0.3, -0.25) is 19.0 Å². The molecule has 33 heavy (non-hydrogen) atoms. The first-order chi connectivity index (χ1) is 16.1. The Kier molecular flexibility index (Phi) is 6.61. The highest BCUT2D eigenvalue weighted by Gasteiger charge is 2.12. The molecule has 9 heteroatoms. The number of rotatable bonds is 8. The van der Waals surface area contributed by atoms with E-state index in [1.165, 1.54) is 0 Å². The Hall–Kier alpha value is -4.24. The van der Waals surface area contributed by atoms with Gasteiger partial charge in [-0.15, -0.1) is 0 Å². The van der Waals surface area contributed by atoms with Crippen molar-refractivity contribution in [3.63, 3.8) is 0 Å². The van der Waals surface area contributed by atoms with Crippen LogP contribution in [0.5, 0.6) is 5.75 Å². The molecule has 0 aliphatic heterocycles. The summed E-state index contributed by atoms with van der Waals surface area (Å²) in [5.74, 6) is 0.738. The molecule has 0 unspecified atom stereocenters. The van der Waals surface area contributed by atoms with Gasteiger partial charge in [0, 0.05) is 23.9 Å². The highest BCUT2D eigenvalue weighted by atomic mass is 16.5. The number of imidazole rings is 1. The zero-order valence-electron chi connectivity index (χ0n) is 18.0. The van der Waals surface area contributed by atoms with Gasteiger partial charge in [-0.2, -0.15) is 0 Å². The van der Waals surface area contributed by atoms with Crippen molar-refractivity contribution in [2.24, 2.45) is 0 Å². The minimum absolute atomic E-state index is 0.128. The summed E-state index contributed by atoms with van der Waals surface area (Å²) >= 11 is 0. The number of aromatic nitrogens is 3. The zero-order valence-corrected chi connectivity index (χ0v) is 18.0. The van der Waals surface area contributed by atoms with Crippen molar-refractivity contribution in [3.05, 3.63) is 78.2 Å². The van der Waals surface area contributed by atoms with E-state index in [0.717, 1.165) is 11.1 Å². The quantitative estimate of drug-likeness (QED) is 0.383. The third kappa shape index (κ3) is 5.16. The number of ether oxygens (including phenoxy) is 1. The van der Waals surface area contributed by atoms with Crippen molar-refractivity contribution in [2.45, 2.75) is 6.42 Å². The topological polar surface area (TPSA) is 118 Å². The number of methoxy groups -OCH3 is 1. The fraction of sp³-hybridized carbons (Fsp3) is 0.167. The molecule has 3 N–H and O–H groups in total. The lowest BCUT2D eigenvalue weighted by molar-refractivity contribution is -0.115. The number of aliphatic hydroxyl groups is 1. The van der Waals surface area contributed by atoms with E-state index in [2.05, 4.69) is 20.6 Å². The smallest absolute Gasteiger partial charge is 0.251 e. The molecule has 168 valence electrons. The second kappa shape index (κ2) is 9.92. The number of anilines is 1. The van der Waals surface area contributed by atoms with Crippen molar-refractivity contribution in [1.29, 1.82) is 0 Å². The maximum atomic E-state index is 12.6. The van der Waals surface area contributed by atoms with Gasteiger partial charge in [0.1, 0.15) is 11.6 Å². The minimum Gasteiger partial charge on any atom is -0.497 e. The number of nitrogens with one attached hydrogen (secondary N) is 2. The molecule has 0 radical (unpaired) electrons. The number of amides is 2. The third-order valence-electron chi connectivity index (χ3n) is 4.98. The number of aliphatic hydroxyl groups excluding tert-OH is 1. The Labute approximate surface area is 190 Å². The summed E-state index contributed by atoms with van der Waals surface area (Å²) in [5, 5.41) is 14.4. The molecule has 2 aromatic carbocycles. The molecule has 2 aromatic heterocycles. The molecule has 0 bridgehead atoms. The molecule has 2 heterocycles. The predicted octanol–water partition coefficient (Wildman–Crippen LogP) is 2.31. The molecule has 0 aliphatic rings. The van der Waals surface area contributed by atoms with E-state index >= 15 is 0 Å². The summed E-state index contributed by atoms with van der Waals surface area (Å²) < 4.78 is 6.95. The number of fused-ring (bicyclic) bond motifs is 1. The van der Waals surface area contributed by atoms with E-state index in [1.807, 2.05) is 30.3 Å². The van der Waals surface area contributed by atoms with Crippen molar-refractivity contribution in [1.82, 2.24) is 19.7 Å². The molecule has 0 spiro atoms. The van der Waals surface area contributed by atoms with Crippen LogP contribution < -0.4 is 15.4 Å². The third-order valence-corrected chi connectivity index (χ3v) is 4.98. The van der Waals surface area contributed by atoms with E-state index in [1.54, 1.807) is 48.3 Å². The zero-order chi connectivity index (χ0) is 23.2.